The summed E-state index contributed by atoms with van der Waals surface area (Å²) in [6.07, 6.45) is 6.87. The van der Waals surface area contributed by atoms with Gasteiger partial charge in [0.2, 0.25) is 0 Å². The molecule has 9 aromatic carbocycles. The molecule has 0 aliphatic heterocycles. The molecule has 0 unspecified atom stereocenters. The van der Waals surface area contributed by atoms with Gasteiger partial charge in [-0.2, -0.15) is 0 Å². The molecular weight excluding hydrogens is 883 g/mol. The van der Waals surface area contributed by atoms with Crippen molar-refractivity contribution < 1.29 is 0 Å². The van der Waals surface area contributed by atoms with E-state index in [1.54, 1.807) is 11.1 Å². The molecule has 6 aliphatic carbocycles. The molecule has 16 rings (SSSR count). The lowest BCUT2D eigenvalue weighted by Crippen LogP contribution is -2.55. The van der Waals surface area contributed by atoms with Gasteiger partial charge < -0.3 is 0 Å². The molecule has 3 nitrogen and oxygen atoms in total. The van der Waals surface area contributed by atoms with Gasteiger partial charge in [0.15, 0.2) is 17.5 Å². The Kier molecular flexibility index (Phi) is 9.50. The number of fused-ring (bicyclic) bond motifs is 6. The van der Waals surface area contributed by atoms with Crippen molar-refractivity contribution in [3.8, 4) is 101 Å². The Labute approximate surface area is 428 Å². The number of benzene rings is 9. The second-order valence-electron chi connectivity index (χ2n) is 22.4. The zero-order valence-electron chi connectivity index (χ0n) is 41.4. The van der Waals surface area contributed by atoms with E-state index in [2.05, 4.69) is 226 Å². The van der Waals surface area contributed by atoms with Gasteiger partial charge in [-0.1, -0.05) is 196 Å². The van der Waals surface area contributed by atoms with Gasteiger partial charge in [-0.25, -0.2) is 15.0 Å². The van der Waals surface area contributed by atoms with Gasteiger partial charge in [0.1, 0.15) is 0 Å². The molecule has 1 heterocycles. The monoisotopic (exact) mass is 937 g/mol. The lowest BCUT2D eigenvalue weighted by molar-refractivity contribution is -0.0399. The summed E-state index contributed by atoms with van der Waals surface area (Å²) in [5.74, 6) is 5.09. The Morgan fingerprint density at radius 3 is 1.26 bits per heavy atom. The largest absolute Gasteiger partial charge is 0.208 e. The summed E-state index contributed by atoms with van der Waals surface area (Å²) < 4.78 is 0. The van der Waals surface area contributed by atoms with Gasteiger partial charge >= 0.3 is 0 Å². The molecule has 0 radical (unpaired) electrons. The van der Waals surface area contributed by atoms with Crippen molar-refractivity contribution >= 4 is 0 Å². The summed E-state index contributed by atoms with van der Waals surface area (Å²) in [4.78, 5) is 16.1. The molecule has 73 heavy (non-hydrogen) atoms. The normalized spacial score (nSPS) is 21.2. The van der Waals surface area contributed by atoms with Crippen LogP contribution in [0.3, 0.4) is 0 Å². The first kappa shape index (κ1) is 42.7. The van der Waals surface area contributed by atoms with E-state index in [-0.39, 0.29) is 10.8 Å². The van der Waals surface area contributed by atoms with Crippen LogP contribution in [0.15, 0.2) is 212 Å². The van der Waals surface area contributed by atoms with Crippen LogP contribution in [0, 0.1) is 23.7 Å². The third-order valence-electron chi connectivity index (χ3n) is 18.1. The molecule has 0 saturated heterocycles. The highest BCUT2D eigenvalue weighted by Gasteiger charge is 2.61. The summed E-state index contributed by atoms with van der Waals surface area (Å²) in [6.45, 7) is 4.72. The molecule has 0 amide bonds. The van der Waals surface area contributed by atoms with Crippen molar-refractivity contribution in [3.05, 3.63) is 235 Å². The molecule has 10 aromatic rings. The first-order valence-electron chi connectivity index (χ1n) is 26.6. The minimum Gasteiger partial charge on any atom is -0.208 e. The van der Waals surface area contributed by atoms with Crippen molar-refractivity contribution in [3.63, 3.8) is 0 Å². The Morgan fingerprint density at radius 1 is 0.288 bits per heavy atom. The first-order valence-corrected chi connectivity index (χ1v) is 26.6. The molecule has 4 fully saturated rings. The molecule has 1 aromatic heterocycles. The second-order valence-corrected chi connectivity index (χ2v) is 22.4. The Morgan fingerprint density at radius 2 is 0.685 bits per heavy atom. The van der Waals surface area contributed by atoms with E-state index >= 15 is 0 Å². The fourth-order valence-electron chi connectivity index (χ4n) is 15.0. The molecule has 6 aliphatic rings. The maximum Gasteiger partial charge on any atom is 0.164 e. The van der Waals surface area contributed by atoms with Crippen LogP contribution in [0.25, 0.3) is 101 Å². The number of nitrogens with zero attached hydrogens (tertiary/aromatic N) is 3. The minimum absolute atomic E-state index is 0.0696. The van der Waals surface area contributed by atoms with Crippen LogP contribution in [0.1, 0.15) is 68.2 Å². The number of rotatable bonds is 7. The van der Waals surface area contributed by atoms with Crippen molar-refractivity contribution in [2.45, 2.75) is 56.8 Å². The first-order chi connectivity index (χ1) is 35.8. The molecule has 4 saturated carbocycles. The smallest absolute Gasteiger partial charge is 0.164 e. The average molecular weight is 938 g/mol. The van der Waals surface area contributed by atoms with Crippen LogP contribution >= 0.6 is 0 Å². The van der Waals surface area contributed by atoms with E-state index < -0.39 is 0 Å². The highest BCUT2D eigenvalue weighted by molar-refractivity contribution is 5.89. The fourth-order valence-corrected chi connectivity index (χ4v) is 15.0. The van der Waals surface area contributed by atoms with Crippen molar-refractivity contribution in [1.82, 2.24) is 15.0 Å². The zero-order valence-corrected chi connectivity index (χ0v) is 41.4. The van der Waals surface area contributed by atoms with Gasteiger partial charge in [0.05, 0.1) is 0 Å². The molecule has 4 bridgehead atoms. The van der Waals surface area contributed by atoms with Crippen LogP contribution in [0.2, 0.25) is 0 Å². The Hall–Kier alpha value is -8.01. The molecule has 0 N–H and O–H groups in total. The average Bonchev–Trinajstić information content (AvgIpc) is 3.95. The highest BCUT2D eigenvalue weighted by atomic mass is 15.0. The van der Waals surface area contributed by atoms with Gasteiger partial charge in [-0.15, -0.1) is 0 Å². The second kappa shape index (κ2) is 16.3. The van der Waals surface area contributed by atoms with Crippen molar-refractivity contribution in [1.29, 1.82) is 0 Å². The van der Waals surface area contributed by atoms with Crippen LogP contribution < -0.4 is 0 Å². The predicted molar refractivity (Wildman–Crippen MR) is 299 cm³/mol. The molecule has 350 valence electrons. The summed E-state index contributed by atoms with van der Waals surface area (Å²) in [7, 11) is 0. The molecule has 0 atom stereocenters. The third-order valence-corrected chi connectivity index (χ3v) is 18.1. The topological polar surface area (TPSA) is 38.7 Å². The quantitative estimate of drug-likeness (QED) is 0.160. The lowest BCUT2D eigenvalue weighted by atomic mass is 9.43. The van der Waals surface area contributed by atoms with Crippen LogP contribution in [-0.2, 0) is 10.8 Å². The van der Waals surface area contributed by atoms with Crippen molar-refractivity contribution in [2.75, 3.05) is 0 Å². The van der Waals surface area contributed by atoms with Crippen LogP contribution in [0.4, 0.5) is 0 Å². The van der Waals surface area contributed by atoms with E-state index in [0.717, 1.165) is 45.2 Å². The summed E-state index contributed by atoms with van der Waals surface area (Å²) >= 11 is 0. The maximum absolute atomic E-state index is 5.42. The van der Waals surface area contributed by atoms with Crippen LogP contribution in [0.5, 0.6) is 0 Å². The van der Waals surface area contributed by atoms with E-state index in [9.17, 15) is 0 Å². The Balaban J connectivity index is 0.923. The van der Waals surface area contributed by atoms with Crippen LogP contribution in [-0.4, -0.2) is 15.0 Å². The molecular formula is C70H55N3. The summed E-state index contributed by atoms with van der Waals surface area (Å²) in [5, 5.41) is 0. The summed E-state index contributed by atoms with van der Waals surface area (Å²) in [6, 6.07) is 78.5. The SMILES string of the molecule is CC1(C)c2ccccc2-c2cc(-c3cc(-c4ccc5c(c4)C4(c6ccccc6-5)C5CC6CC(C5)CC4C6)cc(-c4nc(-c5ccc(-c6ccccc6)cc5)nc(-c5ccc(-c6ccccc6)cc5)n4)c3)ccc21. The zero-order chi connectivity index (χ0) is 48.4. The van der Waals surface area contributed by atoms with Gasteiger partial charge in [0.25, 0.3) is 0 Å². The van der Waals surface area contributed by atoms with E-state index in [4.69, 9.17) is 15.0 Å². The maximum atomic E-state index is 5.42. The number of hydrogen-bond donors (Lipinski definition) is 0. The summed E-state index contributed by atoms with van der Waals surface area (Å²) in [5.41, 5.74) is 23.7. The molecule has 3 heteroatoms. The lowest BCUT2D eigenvalue weighted by Gasteiger charge is -2.61. The highest BCUT2D eigenvalue weighted by Crippen LogP contribution is 2.69. The van der Waals surface area contributed by atoms with Gasteiger partial charge in [-0.3, -0.25) is 0 Å². The minimum atomic E-state index is -0.0797. The predicted octanol–water partition coefficient (Wildman–Crippen LogP) is 17.6. The van der Waals surface area contributed by atoms with E-state index in [1.165, 1.54) is 93.3 Å². The van der Waals surface area contributed by atoms with E-state index in [1.807, 2.05) is 0 Å². The standard InChI is InChI=1S/C70H55N3/c1-69(2)62-19-11-9-18-59(62)61-41-51(30-32-63(61)69)53-38-54(52-29-31-60-58-17-10-12-20-64(58)70(65(60)42-52)56-34-43-33-44(36-56)37-57(70)35-43)40-55(39-53)68-72-66(49-25-21-47(22-26-49)45-13-5-3-6-14-45)71-67(73-68)50-27-23-48(24-28-50)46-15-7-4-8-16-46/h3-32,38-44,56-57H,33-37H2,1-2H3. The number of hydrogen-bond acceptors (Lipinski definition) is 3. The van der Waals surface area contributed by atoms with E-state index in [0.29, 0.717) is 29.3 Å². The molecule has 1 spiro atoms. The van der Waals surface area contributed by atoms with Crippen molar-refractivity contribution in [2.24, 2.45) is 23.7 Å². The van der Waals surface area contributed by atoms with Gasteiger partial charge in [0, 0.05) is 27.5 Å². The van der Waals surface area contributed by atoms with Gasteiger partial charge in [-0.05, 0) is 175 Å². The fraction of sp³-hybridized carbons (Fsp3) is 0.186. The Bertz CT molecular complexity index is 3680. The third kappa shape index (κ3) is 6.67. The number of aromatic nitrogens is 3.